The summed E-state index contributed by atoms with van der Waals surface area (Å²) in [6.45, 7) is 5.12. The first-order chi connectivity index (χ1) is 11.0. The number of nitrogens with one attached hydrogen (secondary N) is 1. The number of ether oxygens (including phenoxy) is 2. The molecule has 1 aliphatic heterocycles. The molecule has 1 fully saturated rings. The van der Waals surface area contributed by atoms with Gasteiger partial charge in [-0.1, -0.05) is 0 Å². The number of carboxylic acid groups (broad SMARTS) is 1. The van der Waals surface area contributed by atoms with E-state index in [1.807, 2.05) is 13.8 Å². The minimum Gasteiger partial charge on any atom is -0.489 e. The number of rotatable bonds is 6. The zero-order valence-corrected chi connectivity index (χ0v) is 13.5. The number of amides is 1. The van der Waals surface area contributed by atoms with Gasteiger partial charge in [0, 0.05) is 19.6 Å². The Morgan fingerprint density at radius 3 is 2.65 bits per heavy atom. The van der Waals surface area contributed by atoms with Crippen molar-refractivity contribution >= 4 is 17.6 Å². The third kappa shape index (κ3) is 5.25. The third-order valence-electron chi connectivity index (χ3n) is 3.68. The van der Waals surface area contributed by atoms with E-state index in [-0.39, 0.29) is 17.6 Å². The number of benzene rings is 1. The Bertz CT molecular complexity index is 564. The van der Waals surface area contributed by atoms with E-state index in [1.54, 1.807) is 6.07 Å². The van der Waals surface area contributed by atoms with Gasteiger partial charge in [-0.15, -0.1) is 0 Å². The number of hydrogen-bond donors (Lipinski definition) is 2. The second kappa shape index (κ2) is 7.97. The van der Waals surface area contributed by atoms with Gasteiger partial charge in [0.05, 0.1) is 17.4 Å². The highest BCUT2D eigenvalue weighted by Gasteiger charge is 2.19. The molecule has 6 heteroatoms. The van der Waals surface area contributed by atoms with Crippen molar-refractivity contribution in [3.8, 4) is 5.75 Å². The maximum absolute atomic E-state index is 12.2. The summed E-state index contributed by atoms with van der Waals surface area (Å²) in [6, 6.07) is 4.48. The largest absolute Gasteiger partial charge is 0.489 e. The van der Waals surface area contributed by atoms with Crippen LogP contribution in [0.15, 0.2) is 18.2 Å². The summed E-state index contributed by atoms with van der Waals surface area (Å²) in [7, 11) is 0. The summed E-state index contributed by atoms with van der Waals surface area (Å²) in [6.07, 6.45) is 2.08. The Kier molecular flexibility index (Phi) is 5.98. The summed E-state index contributed by atoms with van der Waals surface area (Å²) >= 11 is 0. The lowest BCUT2D eigenvalue weighted by atomic mass is 9.96. The van der Waals surface area contributed by atoms with Crippen molar-refractivity contribution in [1.29, 1.82) is 0 Å². The molecular weight excluding hydrogens is 298 g/mol. The van der Waals surface area contributed by atoms with Crippen molar-refractivity contribution in [3.05, 3.63) is 23.8 Å². The van der Waals surface area contributed by atoms with Crippen LogP contribution in [0.4, 0.5) is 5.69 Å². The molecule has 0 unspecified atom stereocenters. The fourth-order valence-corrected chi connectivity index (χ4v) is 2.53. The minimum atomic E-state index is -1.04. The zero-order chi connectivity index (χ0) is 16.8. The topological polar surface area (TPSA) is 84.9 Å². The van der Waals surface area contributed by atoms with E-state index in [1.165, 1.54) is 12.1 Å². The van der Waals surface area contributed by atoms with Gasteiger partial charge in [0.15, 0.2) is 0 Å². The van der Waals surface area contributed by atoms with Gasteiger partial charge in [0.2, 0.25) is 5.91 Å². The predicted molar refractivity (Wildman–Crippen MR) is 86.0 cm³/mol. The molecule has 0 atom stereocenters. The Balaban J connectivity index is 2.09. The Hall–Kier alpha value is -2.08. The van der Waals surface area contributed by atoms with Crippen molar-refractivity contribution in [2.24, 2.45) is 5.92 Å². The lowest BCUT2D eigenvalue weighted by Crippen LogP contribution is -2.22. The summed E-state index contributed by atoms with van der Waals surface area (Å²) in [5.41, 5.74) is 0.512. The van der Waals surface area contributed by atoms with Crippen LogP contribution < -0.4 is 10.1 Å². The van der Waals surface area contributed by atoms with Gasteiger partial charge in [0.25, 0.3) is 0 Å². The van der Waals surface area contributed by atoms with Gasteiger partial charge >= 0.3 is 5.97 Å². The van der Waals surface area contributed by atoms with Crippen molar-refractivity contribution in [1.82, 2.24) is 0 Å². The molecule has 126 valence electrons. The van der Waals surface area contributed by atoms with Gasteiger partial charge in [0.1, 0.15) is 5.75 Å². The molecule has 1 aromatic rings. The summed E-state index contributed by atoms with van der Waals surface area (Å²) < 4.78 is 10.9. The second-order valence-electron chi connectivity index (χ2n) is 5.99. The Morgan fingerprint density at radius 2 is 2.04 bits per heavy atom. The molecule has 1 aromatic carbocycles. The Labute approximate surface area is 135 Å². The number of aromatic carboxylic acids is 1. The van der Waals surface area contributed by atoms with E-state index in [0.29, 0.717) is 37.0 Å². The fraction of sp³-hybridized carbons (Fsp3) is 0.529. The number of carbonyl (C=O) groups is 2. The molecule has 1 amide bonds. The van der Waals surface area contributed by atoms with Gasteiger partial charge in [-0.3, -0.25) is 4.79 Å². The molecule has 0 saturated carbocycles. The lowest BCUT2D eigenvalue weighted by Gasteiger charge is -2.22. The van der Waals surface area contributed by atoms with Crippen LogP contribution in [0.25, 0.3) is 0 Å². The lowest BCUT2D eigenvalue weighted by molar-refractivity contribution is -0.117. The first kappa shape index (κ1) is 17.3. The first-order valence-electron chi connectivity index (χ1n) is 7.87. The quantitative estimate of drug-likeness (QED) is 0.841. The molecule has 1 saturated heterocycles. The maximum Gasteiger partial charge on any atom is 0.335 e. The molecule has 1 heterocycles. The van der Waals surface area contributed by atoms with Gasteiger partial charge in [-0.05, 0) is 50.8 Å². The van der Waals surface area contributed by atoms with E-state index < -0.39 is 5.97 Å². The van der Waals surface area contributed by atoms with Gasteiger partial charge < -0.3 is 19.9 Å². The fourth-order valence-electron chi connectivity index (χ4n) is 2.53. The first-order valence-corrected chi connectivity index (χ1v) is 7.87. The second-order valence-corrected chi connectivity index (χ2v) is 5.99. The van der Waals surface area contributed by atoms with Crippen LogP contribution in [0.3, 0.4) is 0 Å². The molecule has 2 N–H and O–H groups in total. The molecule has 2 rings (SSSR count). The average Bonchev–Trinajstić information content (AvgIpc) is 2.49. The molecule has 23 heavy (non-hydrogen) atoms. The zero-order valence-electron chi connectivity index (χ0n) is 13.5. The van der Waals surface area contributed by atoms with Gasteiger partial charge in [-0.25, -0.2) is 4.79 Å². The smallest absolute Gasteiger partial charge is 0.335 e. The van der Waals surface area contributed by atoms with E-state index >= 15 is 0 Å². The van der Waals surface area contributed by atoms with E-state index in [0.717, 1.165) is 12.8 Å². The van der Waals surface area contributed by atoms with Crippen LogP contribution in [0.5, 0.6) is 5.75 Å². The molecule has 1 aliphatic rings. The highest BCUT2D eigenvalue weighted by Crippen LogP contribution is 2.28. The number of hydrogen-bond acceptors (Lipinski definition) is 4. The van der Waals surface area contributed by atoms with Crippen molar-refractivity contribution in [2.75, 3.05) is 18.5 Å². The molecule has 0 aromatic heterocycles. The summed E-state index contributed by atoms with van der Waals surface area (Å²) in [5.74, 6) is -0.389. The normalized spacial score (nSPS) is 15.4. The third-order valence-corrected chi connectivity index (χ3v) is 3.68. The standard InChI is InChI=1S/C17H23NO5/c1-11(2)23-15-4-3-13(17(20)21)10-14(15)18-16(19)9-12-5-7-22-8-6-12/h3-4,10-12H,5-9H2,1-2H3,(H,18,19)(H,20,21). The molecular formula is C17H23NO5. The van der Waals surface area contributed by atoms with Crippen LogP contribution in [0, 0.1) is 5.92 Å². The molecule has 0 spiro atoms. The number of carboxylic acids is 1. The van der Waals surface area contributed by atoms with Crippen LogP contribution in [0.2, 0.25) is 0 Å². The van der Waals surface area contributed by atoms with E-state index in [4.69, 9.17) is 14.6 Å². The molecule has 0 bridgehead atoms. The highest BCUT2D eigenvalue weighted by atomic mass is 16.5. The van der Waals surface area contributed by atoms with Crippen molar-refractivity contribution in [2.45, 2.75) is 39.2 Å². The number of carbonyl (C=O) groups excluding carboxylic acids is 1. The van der Waals surface area contributed by atoms with E-state index in [2.05, 4.69) is 5.32 Å². The van der Waals surface area contributed by atoms with Crippen LogP contribution in [-0.2, 0) is 9.53 Å². The molecule has 0 radical (unpaired) electrons. The summed E-state index contributed by atoms with van der Waals surface area (Å²) in [5, 5.41) is 11.9. The summed E-state index contributed by atoms with van der Waals surface area (Å²) in [4.78, 5) is 23.4. The van der Waals surface area contributed by atoms with Crippen LogP contribution in [-0.4, -0.2) is 36.3 Å². The molecule has 6 nitrogen and oxygen atoms in total. The van der Waals surface area contributed by atoms with Crippen molar-refractivity contribution < 1.29 is 24.2 Å². The SMILES string of the molecule is CC(C)Oc1ccc(C(=O)O)cc1NC(=O)CC1CCOCC1. The highest BCUT2D eigenvalue weighted by molar-refractivity contribution is 5.95. The minimum absolute atomic E-state index is 0.0724. The van der Waals surface area contributed by atoms with Gasteiger partial charge in [-0.2, -0.15) is 0 Å². The Morgan fingerprint density at radius 1 is 1.35 bits per heavy atom. The average molecular weight is 321 g/mol. The van der Waals surface area contributed by atoms with E-state index in [9.17, 15) is 9.59 Å². The maximum atomic E-state index is 12.2. The monoisotopic (exact) mass is 321 g/mol. The molecule has 0 aliphatic carbocycles. The predicted octanol–water partition coefficient (Wildman–Crippen LogP) is 2.93. The number of anilines is 1. The van der Waals surface area contributed by atoms with Crippen molar-refractivity contribution in [3.63, 3.8) is 0 Å². The van der Waals surface area contributed by atoms with Crippen LogP contribution in [0.1, 0.15) is 43.5 Å². The van der Waals surface area contributed by atoms with Crippen LogP contribution >= 0.6 is 0 Å².